The van der Waals surface area contributed by atoms with Gasteiger partial charge < -0.3 is 21.1 Å². The third kappa shape index (κ3) is 6.76. The molecule has 0 radical (unpaired) electrons. The third-order valence-corrected chi connectivity index (χ3v) is 2.79. The lowest BCUT2D eigenvalue weighted by Crippen LogP contribution is -2.38. The SMILES string of the molecule is CCNC(=NCc1cccc(C(N)=O)c1)NCCCOC. The molecule has 0 saturated carbocycles. The van der Waals surface area contributed by atoms with Crippen LogP contribution in [0.4, 0.5) is 0 Å². The number of carbonyl (C=O) groups excluding carboxylic acids is 1. The number of nitrogens with zero attached hydrogens (tertiary/aromatic N) is 1. The Morgan fingerprint density at radius 1 is 1.38 bits per heavy atom. The molecule has 0 aliphatic heterocycles. The lowest BCUT2D eigenvalue weighted by molar-refractivity contribution is 0.1000. The van der Waals surface area contributed by atoms with Crippen molar-refractivity contribution in [2.75, 3.05) is 26.8 Å². The molecule has 116 valence electrons. The summed E-state index contributed by atoms with van der Waals surface area (Å²) in [4.78, 5) is 15.6. The Labute approximate surface area is 125 Å². The maximum atomic E-state index is 11.1. The van der Waals surface area contributed by atoms with Gasteiger partial charge in [-0.15, -0.1) is 0 Å². The minimum Gasteiger partial charge on any atom is -0.385 e. The van der Waals surface area contributed by atoms with Gasteiger partial charge in [-0.2, -0.15) is 0 Å². The molecule has 0 aromatic heterocycles. The summed E-state index contributed by atoms with van der Waals surface area (Å²) < 4.78 is 5.00. The summed E-state index contributed by atoms with van der Waals surface area (Å²) >= 11 is 0. The van der Waals surface area contributed by atoms with Crippen LogP contribution in [-0.2, 0) is 11.3 Å². The maximum absolute atomic E-state index is 11.1. The molecule has 0 unspecified atom stereocenters. The highest BCUT2D eigenvalue weighted by Gasteiger charge is 2.01. The number of carbonyl (C=O) groups is 1. The number of amides is 1. The van der Waals surface area contributed by atoms with Gasteiger partial charge in [-0.1, -0.05) is 12.1 Å². The Morgan fingerprint density at radius 2 is 2.19 bits per heavy atom. The van der Waals surface area contributed by atoms with Crippen LogP contribution in [0.3, 0.4) is 0 Å². The number of primary amides is 1. The molecular formula is C15H24N4O2. The molecule has 1 aromatic rings. The molecule has 0 atom stereocenters. The molecular weight excluding hydrogens is 268 g/mol. The Hall–Kier alpha value is -2.08. The van der Waals surface area contributed by atoms with Crippen LogP contribution in [0.25, 0.3) is 0 Å². The van der Waals surface area contributed by atoms with Crippen LogP contribution in [0.2, 0.25) is 0 Å². The first-order chi connectivity index (χ1) is 10.2. The van der Waals surface area contributed by atoms with E-state index in [0.717, 1.165) is 31.0 Å². The molecule has 0 spiro atoms. The number of hydrogen-bond acceptors (Lipinski definition) is 3. The fourth-order valence-electron chi connectivity index (χ4n) is 1.76. The van der Waals surface area contributed by atoms with Crippen molar-refractivity contribution in [2.45, 2.75) is 19.9 Å². The number of benzene rings is 1. The summed E-state index contributed by atoms with van der Waals surface area (Å²) in [6.45, 7) is 4.80. The van der Waals surface area contributed by atoms with E-state index in [2.05, 4.69) is 15.6 Å². The summed E-state index contributed by atoms with van der Waals surface area (Å²) in [5.74, 6) is 0.323. The molecule has 1 aromatic carbocycles. The minimum atomic E-state index is -0.426. The van der Waals surface area contributed by atoms with Gasteiger partial charge in [-0.3, -0.25) is 4.79 Å². The minimum absolute atomic E-state index is 0.426. The molecule has 0 fully saturated rings. The van der Waals surface area contributed by atoms with Gasteiger partial charge in [0.2, 0.25) is 5.91 Å². The first kappa shape index (κ1) is 17.0. The predicted octanol–water partition coefficient (Wildman–Crippen LogP) is 0.877. The van der Waals surface area contributed by atoms with Crippen molar-refractivity contribution in [3.05, 3.63) is 35.4 Å². The zero-order valence-electron chi connectivity index (χ0n) is 12.7. The average Bonchev–Trinajstić information content (AvgIpc) is 2.49. The summed E-state index contributed by atoms with van der Waals surface area (Å²) in [7, 11) is 1.69. The number of rotatable bonds is 8. The van der Waals surface area contributed by atoms with Gasteiger partial charge in [-0.25, -0.2) is 4.99 Å². The fourth-order valence-corrected chi connectivity index (χ4v) is 1.76. The normalized spacial score (nSPS) is 11.2. The van der Waals surface area contributed by atoms with Gasteiger partial charge in [0.05, 0.1) is 6.54 Å². The molecule has 0 aliphatic carbocycles. The van der Waals surface area contributed by atoms with E-state index in [1.54, 1.807) is 19.2 Å². The Balaban J connectivity index is 2.60. The monoisotopic (exact) mass is 292 g/mol. The van der Waals surface area contributed by atoms with Crippen molar-refractivity contribution in [1.29, 1.82) is 0 Å². The van der Waals surface area contributed by atoms with Gasteiger partial charge in [0.1, 0.15) is 0 Å². The van der Waals surface area contributed by atoms with Crippen molar-refractivity contribution < 1.29 is 9.53 Å². The largest absolute Gasteiger partial charge is 0.385 e. The molecule has 0 saturated heterocycles. The second-order valence-corrected chi connectivity index (χ2v) is 4.53. The van der Waals surface area contributed by atoms with Crippen molar-refractivity contribution in [3.63, 3.8) is 0 Å². The van der Waals surface area contributed by atoms with E-state index in [1.165, 1.54) is 0 Å². The van der Waals surface area contributed by atoms with Gasteiger partial charge in [0.25, 0.3) is 0 Å². The van der Waals surface area contributed by atoms with Crippen LogP contribution < -0.4 is 16.4 Å². The van der Waals surface area contributed by atoms with E-state index in [1.807, 2.05) is 19.1 Å². The van der Waals surface area contributed by atoms with E-state index in [-0.39, 0.29) is 0 Å². The lowest BCUT2D eigenvalue weighted by Gasteiger charge is -2.11. The molecule has 0 aliphatic rings. The number of guanidine groups is 1. The van der Waals surface area contributed by atoms with Crippen LogP contribution in [0.1, 0.15) is 29.3 Å². The number of hydrogen-bond donors (Lipinski definition) is 3. The van der Waals surface area contributed by atoms with Crippen LogP contribution in [0, 0.1) is 0 Å². The summed E-state index contributed by atoms with van der Waals surface area (Å²) in [6, 6.07) is 7.19. The van der Waals surface area contributed by atoms with Gasteiger partial charge in [0.15, 0.2) is 5.96 Å². The average molecular weight is 292 g/mol. The molecule has 1 rings (SSSR count). The smallest absolute Gasteiger partial charge is 0.248 e. The van der Waals surface area contributed by atoms with Crippen LogP contribution in [0.5, 0.6) is 0 Å². The third-order valence-electron chi connectivity index (χ3n) is 2.79. The van der Waals surface area contributed by atoms with E-state index in [4.69, 9.17) is 10.5 Å². The van der Waals surface area contributed by atoms with Crippen LogP contribution in [-0.4, -0.2) is 38.7 Å². The van der Waals surface area contributed by atoms with Crippen molar-refractivity contribution >= 4 is 11.9 Å². The zero-order chi connectivity index (χ0) is 15.5. The maximum Gasteiger partial charge on any atom is 0.248 e. The zero-order valence-corrected chi connectivity index (χ0v) is 12.7. The van der Waals surface area contributed by atoms with Gasteiger partial charge in [0, 0.05) is 32.4 Å². The molecule has 6 nitrogen and oxygen atoms in total. The van der Waals surface area contributed by atoms with Gasteiger partial charge >= 0.3 is 0 Å². The number of methoxy groups -OCH3 is 1. The highest BCUT2D eigenvalue weighted by atomic mass is 16.5. The van der Waals surface area contributed by atoms with E-state index in [0.29, 0.717) is 18.7 Å². The molecule has 0 bridgehead atoms. The second kappa shape index (κ2) is 9.77. The summed E-state index contributed by atoms with van der Waals surface area (Å²) in [5, 5.41) is 6.40. The van der Waals surface area contributed by atoms with E-state index < -0.39 is 5.91 Å². The van der Waals surface area contributed by atoms with Crippen molar-refractivity contribution in [2.24, 2.45) is 10.7 Å². The fraction of sp³-hybridized carbons (Fsp3) is 0.467. The van der Waals surface area contributed by atoms with Crippen LogP contribution in [0.15, 0.2) is 29.3 Å². The number of aliphatic imine (C=N–C) groups is 1. The summed E-state index contributed by atoms with van der Waals surface area (Å²) in [6.07, 6.45) is 0.915. The molecule has 6 heteroatoms. The first-order valence-corrected chi connectivity index (χ1v) is 7.07. The quantitative estimate of drug-likeness (QED) is 0.377. The Morgan fingerprint density at radius 3 is 2.86 bits per heavy atom. The lowest BCUT2D eigenvalue weighted by atomic mass is 10.1. The van der Waals surface area contributed by atoms with E-state index >= 15 is 0 Å². The van der Waals surface area contributed by atoms with Crippen molar-refractivity contribution in [1.82, 2.24) is 10.6 Å². The van der Waals surface area contributed by atoms with Crippen molar-refractivity contribution in [3.8, 4) is 0 Å². The highest BCUT2D eigenvalue weighted by Crippen LogP contribution is 2.05. The van der Waals surface area contributed by atoms with Crippen LogP contribution >= 0.6 is 0 Å². The number of nitrogens with two attached hydrogens (primary N) is 1. The first-order valence-electron chi connectivity index (χ1n) is 7.07. The topological polar surface area (TPSA) is 88.7 Å². The van der Waals surface area contributed by atoms with Gasteiger partial charge in [-0.05, 0) is 31.0 Å². The summed E-state index contributed by atoms with van der Waals surface area (Å²) in [5.41, 5.74) is 6.71. The number of ether oxygens (including phenoxy) is 1. The highest BCUT2D eigenvalue weighted by molar-refractivity contribution is 5.92. The Bertz CT molecular complexity index is 474. The molecule has 21 heavy (non-hydrogen) atoms. The molecule has 4 N–H and O–H groups in total. The second-order valence-electron chi connectivity index (χ2n) is 4.53. The van der Waals surface area contributed by atoms with E-state index in [9.17, 15) is 4.79 Å². The standard InChI is InChI=1S/C15H24N4O2/c1-3-17-15(18-8-5-9-21-2)19-11-12-6-4-7-13(10-12)14(16)20/h4,6-7,10H,3,5,8-9,11H2,1-2H3,(H2,16,20)(H2,17,18,19). The molecule has 0 heterocycles. The Kier molecular flexibility index (Phi) is 7.89. The molecule has 1 amide bonds. The number of nitrogens with one attached hydrogen (secondary N) is 2. The predicted molar refractivity (Wildman–Crippen MR) is 84.3 cm³/mol.